The van der Waals surface area contributed by atoms with Crippen molar-refractivity contribution in [1.29, 1.82) is 0 Å². The van der Waals surface area contributed by atoms with Crippen molar-refractivity contribution in [3.8, 4) is 0 Å². The lowest BCUT2D eigenvalue weighted by Crippen LogP contribution is -2.46. The highest BCUT2D eigenvalue weighted by molar-refractivity contribution is 5.85. The number of nitrogens with zero attached hydrogens (tertiary/aromatic N) is 1. The minimum absolute atomic E-state index is 0.204. The van der Waals surface area contributed by atoms with Crippen LogP contribution in [0, 0.1) is 0 Å². The summed E-state index contributed by atoms with van der Waals surface area (Å²) in [5, 5.41) is 2.80. The molecule has 110 valence electrons. The fraction of sp³-hybridized carbons (Fsp3) is 0.467. The molecule has 0 saturated heterocycles. The lowest BCUT2D eigenvalue weighted by molar-refractivity contribution is -0.125. The number of amides is 2. The van der Waals surface area contributed by atoms with E-state index in [1.54, 1.807) is 27.8 Å². The Labute approximate surface area is 119 Å². The van der Waals surface area contributed by atoms with Gasteiger partial charge in [0.05, 0.1) is 6.10 Å². The minimum atomic E-state index is -0.579. The van der Waals surface area contributed by atoms with Crippen LogP contribution >= 0.6 is 0 Å². The van der Waals surface area contributed by atoms with E-state index in [1.807, 2.05) is 30.3 Å². The largest absolute Gasteiger partial charge is 0.447 e. The number of benzene rings is 1. The van der Waals surface area contributed by atoms with Crippen LogP contribution in [0.2, 0.25) is 0 Å². The third-order valence-corrected chi connectivity index (χ3v) is 2.89. The normalized spacial score (nSPS) is 11.8. The molecule has 5 heteroatoms. The Hall–Kier alpha value is -2.04. The van der Waals surface area contributed by atoms with Crippen molar-refractivity contribution in [2.24, 2.45) is 0 Å². The highest BCUT2D eigenvalue weighted by atomic mass is 16.6. The molecule has 2 amide bonds. The van der Waals surface area contributed by atoms with Gasteiger partial charge in [-0.1, -0.05) is 30.3 Å². The van der Waals surface area contributed by atoms with Crippen LogP contribution in [0.1, 0.15) is 26.3 Å². The average molecular weight is 278 g/mol. The van der Waals surface area contributed by atoms with Crippen molar-refractivity contribution in [1.82, 2.24) is 10.2 Å². The molecule has 0 unspecified atom stereocenters. The van der Waals surface area contributed by atoms with Gasteiger partial charge in [-0.05, 0) is 26.3 Å². The Morgan fingerprint density at radius 1 is 1.20 bits per heavy atom. The molecule has 1 aromatic carbocycles. The van der Waals surface area contributed by atoms with Gasteiger partial charge in [0.2, 0.25) is 5.91 Å². The van der Waals surface area contributed by atoms with E-state index in [4.69, 9.17) is 4.74 Å². The average Bonchev–Trinajstić information content (AvgIpc) is 2.43. The molecule has 0 aliphatic carbocycles. The van der Waals surface area contributed by atoms with Crippen LogP contribution in [0.15, 0.2) is 30.3 Å². The molecule has 0 bridgehead atoms. The molecule has 0 heterocycles. The summed E-state index contributed by atoms with van der Waals surface area (Å²) in [6.45, 7) is 5.65. The fourth-order valence-corrected chi connectivity index (χ4v) is 1.55. The van der Waals surface area contributed by atoms with Crippen molar-refractivity contribution < 1.29 is 14.3 Å². The molecule has 0 aliphatic rings. The summed E-state index contributed by atoms with van der Waals surface area (Å²) in [6.07, 6.45) is -0.702. The smallest absolute Gasteiger partial charge is 0.410 e. The SMILES string of the molecule is CC(C)OC(=O)N(C)[C@@H](C)C(=O)NCc1ccccc1. The van der Waals surface area contributed by atoms with E-state index >= 15 is 0 Å². The van der Waals surface area contributed by atoms with Crippen LogP contribution in [-0.4, -0.2) is 36.1 Å². The lowest BCUT2D eigenvalue weighted by Gasteiger charge is -2.24. The van der Waals surface area contributed by atoms with Gasteiger partial charge in [-0.2, -0.15) is 0 Å². The van der Waals surface area contributed by atoms with Gasteiger partial charge < -0.3 is 10.1 Å². The molecule has 0 aromatic heterocycles. The second-order valence-corrected chi connectivity index (χ2v) is 4.92. The Morgan fingerprint density at radius 3 is 2.35 bits per heavy atom. The molecule has 0 spiro atoms. The zero-order valence-corrected chi connectivity index (χ0v) is 12.4. The first kappa shape index (κ1) is 16.0. The second kappa shape index (κ2) is 7.53. The molecule has 5 nitrogen and oxygen atoms in total. The predicted octanol–water partition coefficient (Wildman–Crippen LogP) is 2.17. The maximum Gasteiger partial charge on any atom is 0.410 e. The van der Waals surface area contributed by atoms with Gasteiger partial charge in [-0.15, -0.1) is 0 Å². The van der Waals surface area contributed by atoms with Gasteiger partial charge >= 0.3 is 6.09 Å². The van der Waals surface area contributed by atoms with Crippen LogP contribution < -0.4 is 5.32 Å². The molecule has 1 atom stereocenters. The summed E-state index contributed by atoms with van der Waals surface area (Å²) in [6, 6.07) is 9.03. The van der Waals surface area contributed by atoms with Gasteiger partial charge in [-0.25, -0.2) is 4.79 Å². The van der Waals surface area contributed by atoms with Gasteiger partial charge in [0, 0.05) is 13.6 Å². The standard InChI is InChI=1S/C15H22N2O3/c1-11(2)20-15(19)17(4)12(3)14(18)16-10-13-8-6-5-7-9-13/h5-9,11-12H,10H2,1-4H3,(H,16,18)/t12-/m0/s1. The summed E-state index contributed by atoms with van der Waals surface area (Å²) in [5.41, 5.74) is 1.01. The van der Waals surface area contributed by atoms with E-state index in [-0.39, 0.29) is 12.0 Å². The van der Waals surface area contributed by atoms with E-state index in [1.165, 1.54) is 4.90 Å². The maximum atomic E-state index is 12.0. The first-order chi connectivity index (χ1) is 9.41. The Kier molecular flexibility index (Phi) is 6.03. The van der Waals surface area contributed by atoms with Crippen LogP contribution in [0.5, 0.6) is 0 Å². The van der Waals surface area contributed by atoms with E-state index in [2.05, 4.69) is 5.32 Å². The predicted molar refractivity (Wildman–Crippen MR) is 77.1 cm³/mol. The van der Waals surface area contributed by atoms with Crippen molar-refractivity contribution in [2.45, 2.75) is 39.5 Å². The third-order valence-electron chi connectivity index (χ3n) is 2.89. The number of carbonyl (C=O) groups excluding carboxylic acids is 2. The number of hydrogen-bond donors (Lipinski definition) is 1. The topological polar surface area (TPSA) is 58.6 Å². The van der Waals surface area contributed by atoms with Crippen molar-refractivity contribution >= 4 is 12.0 Å². The summed E-state index contributed by atoms with van der Waals surface area (Å²) < 4.78 is 5.05. The Bertz CT molecular complexity index is 446. The monoisotopic (exact) mass is 278 g/mol. The van der Waals surface area contributed by atoms with Crippen LogP contribution in [0.4, 0.5) is 4.79 Å². The first-order valence-corrected chi connectivity index (χ1v) is 6.67. The minimum Gasteiger partial charge on any atom is -0.447 e. The zero-order valence-electron chi connectivity index (χ0n) is 12.4. The molecule has 1 rings (SSSR count). The fourth-order valence-electron chi connectivity index (χ4n) is 1.55. The van der Waals surface area contributed by atoms with Crippen molar-refractivity contribution in [3.05, 3.63) is 35.9 Å². The van der Waals surface area contributed by atoms with Gasteiger partial charge in [0.1, 0.15) is 6.04 Å². The van der Waals surface area contributed by atoms with Gasteiger partial charge in [0.25, 0.3) is 0 Å². The molecule has 0 saturated carbocycles. The molecule has 0 aliphatic heterocycles. The summed E-state index contributed by atoms with van der Waals surface area (Å²) in [4.78, 5) is 25.0. The van der Waals surface area contributed by atoms with Crippen LogP contribution in [0.3, 0.4) is 0 Å². The molecule has 1 N–H and O–H groups in total. The van der Waals surface area contributed by atoms with E-state index in [0.29, 0.717) is 6.54 Å². The number of ether oxygens (including phenoxy) is 1. The number of likely N-dealkylation sites (N-methyl/N-ethyl adjacent to an activating group) is 1. The summed E-state index contributed by atoms with van der Waals surface area (Å²) >= 11 is 0. The summed E-state index contributed by atoms with van der Waals surface area (Å²) in [5.74, 6) is -0.211. The lowest BCUT2D eigenvalue weighted by atomic mass is 10.2. The van der Waals surface area contributed by atoms with Gasteiger partial charge in [0.15, 0.2) is 0 Å². The van der Waals surface area contributed by atoms with E-state index < -0.39 is 12.1 Å². The van der Waals surface area contributed by atoms with E-state index in [0.717, 1.165) is 5.56 Å². The molecule has 1 aromatic rings. The van der Waals surface area contributed by atoms with Crippen LogP contribution in [-0.2, 0) is 16.1 Å². The van der Waals surface area contributed by atoms with E-state index in [9.17, 15) is 9.59 Å². The highest BCUT2D eigenvalue weighted by Crippen LogP contribution is 2.03. The summed E-state index contributed by atoms with van der Waals surface area (Å²) in [7, 11) is 1.55. The zero-order chi connectivity index (χ0) is 15.1. The molecular weight excluding hydrogens is 256 g/mol. The number of carbonyl (C=O) groups is 2. The second-order valence-electron chi connectivity index (χ2n) is 4.92. The van der Waals surface area contributed by atoms with Crippen molar-refractivity contribution in [2.75, 3.05) is 7.05 Å². The molecule has 0 radical (unpaired) electrons. The maximum absolute atomic E-state index is 12.0. The molecule has 0 fully saturated rings. The van der Waals surface area contributed by atoms with Crippen LogP contribution in [0.25, 0.3) is 0 Å². The number of rotatable bonds is 5. The highest BCUT2D eigenvalue weighted by Gasteiger charge is 2.23. The number of hydrogen-bond acceptors (Lipinski definition) is 3. The third kappa shape index (κ3) is 4.91. The number of nitrogens with one attached hydrogen (secondary N) is 1. The Morgan fingerprint density at radius 2 is 1.80 bits per heavy atom. The molecule has 20 heavy (non-hydrogen) atoms. The van der Waals surface area contributed by atoms with Gasteiger partial charge in [-0.3, -0.25) is 9.69 Å². The quantitative estimate of drug-likeness (QED) is 0.898. The molecular formula is C15H22N2O3. The Balaban J connectivity index is 2.48. The van der Waals surface area contributed by atoms with Crippen molar-refractivity contribution in [3.63, 3.8) is 0 Å². The first-order valence-electron chi connectivity index (χ1n) is 6.67.